The summed E-state index contributed by atoms with van der Waals surface area (Å²) >= 11 is 0. The molecule has 2 unspecified atom stereocenters. The van der Waals surface area contributed by atoms with E-state index in [1.54, 1.807) is 24.3 Å². The van der Waals surface area contributed by atoms with Gasteiger partial charge in [0.2, 0.25) is 0 Å². The fourth-order valence-electron chi connectivity index (χ4n) is 3.22. The molecule has 1 aliphatic rings. The molecule has 2 amide bonds. The van der Waals surface area contributed by atoms with Crippen LogP contribution in [0.3, 0.4) is 0 Å². The van der Waals surface area contributed by atoms with E-state index in [0.717, 1.165) is 0 Å². The lowest BCUT2D eigenvalue weighted by Gasteiger charge is -2.37. The van der Waals surface area contributed by atoms with Crippen LogP contribution in [-0.4, -0.2) is 31.3 Å². The molecular formula is C20H23F2N3O2. The maximum Gasteiger partial charge on any atom is 0.319 e. The number of carbonyl (C=O) groups excluding carboxylic acids is 1. The largest absolute Gasteiger partial charge is 0.372 e. The summed E-state index contributed by atoms with van der Waals surface area (Å²) in [5, 5.41) is 5.21. The van der Waals surface area contributed by atoms with E-state index >= 15 is 0 Å². The molecule has 0 saturated carbocycles. The number of nitrogens with one attached hydrogen (secondary N) is 2. The minimum atomic E-state index is -0.486. The Kier molecular flexibility index (Phi) is 5.91. The van der Waals surface area contributed by atoms with E-state index in [4.69, 9.17) is 4.74 Å². The van der Waals surface area contributed by atoms with Crippen LogP contribution < -0.4 is 15.5 Å². The normalized spacial score (nSPS) is 19.6. The molecule has 5 nitrogen and oxygen atoms in total. The van der Waals surface area contributed by atoms with Gasteiger partial charge in [-0.25, -0.2) is 13.6 Å². The fraction of sp³-hybridized carbons (Fsp3) is 0.350. The quantitative estimate of drug-likeness (QED) is 0.852. The van der Waals surface area contributed by atoms with Gasteiger partial charge in [0.1, 0.15) is 11.6 Å². The molecule has 2 aromatic rings. The van der Waals surface area contributed by atoms with Crippen LogP contribution in [0.2, 0.25) is 0 Å². The van der Waals surface area contributed by atoms with Crippen LogP contribution >= 0.6 is 0 Å². The molecule has 144 valence electrons. The molecule has 7 heteroatoms. The third-order valence-corrected chi connectivity index (χ3v) is 4.31. The standard InChI is InChI=1S/C20H23F2N3O2/c1-13-11-25(12-14(2)27-13)19-7-6-17(9-18(19)22)24-20(26)23-10-15-4-3-5-16(21)8-15/h3-9,13-14H,10-12H2,1-2H3,(H2,23,24,26). The summed E-state index contributed by atoms with van der Waals surface area (Å²) < 4.78 is 33.4. The number of ether oxygens (including phenoxy) is 1. The van der Waals surface area contributed by atoms with Crippen molar-refractivity contribution in [2.75, 3.05) is 23.3 Å². The highest BCUT2D eigenvalue weighted by molar-refractivity contribution is 5.89. The van der Waals surface area contributed by atoms with E-state index in [1.165, 1.54) is 18.2 Å². The predicted octanol–water partition coefficient (Wildman–Crippen LogP) is 3.90. The number of hydrogen-bond donors (Lipinski definition) is 2. The van der Waals surface area contributed by atoms with Gasteiger partial charge >= 0.3 is 6.03 Å². The van der Waals surface area contributed by atoms with Crippen molar-refractivity contribution in [1.82, 2.24) is 5.32 Å². The van der Waals surface area contributed by atoms with Gasteiger partial charge in [-0.15, -0.1) is 0 Å². The number of benzene rings is 2. The molecule has 1 saturated heterocycles. The zero-order valence-corrected chi connectivity index (χ0v) is 15.3. The molecule has 3 rings (SSSR count). The molecular weight excluding hydrogens is 352 g/mol. The summed E-state index contributed by atoms with van der Waals surface area (Å²) in [6.07, 6.45) is 0.0547. The molecule has 0 aliphatic carbocycles. The lowest BCUT2D eigenvalue weighted by atomic mass is 10.2. The molecule has 27 heavy (non-hydrogen) atoms. The van der Waals surface area contributed by atoms with Gasteiger partial charge in [-0.05, 0) is 49.7 Å². The second-order valence-electron chi connectivity index (χ2n) is 6.77. The number of amides is 2. The van der Waals surface area contributed by atoms with Crippen molar-refractivity contribution in [3.63, 3.8) is 0 Å². The number of hydrogen-bond acceptors (Lipinski definition) is 3. The van der Waals surface area contributed by atoms with Crippen molar-refractivity contribution in [2.45, 2.75) is 32.6 Å². The van der Waals surface area contributed by atoms with E-state index in [0.29, 0.717) is 30.0 Å². The smallest absolute Gasteiger partial charge is 0.319 e. The first kappa shape index (κ1) is 19.1. The summed E-state index contributed by atoms with van der Waals surface area (Å²) in [4.78, 5) is 13.9. The maximum absolute atomic E-state index is 14.5. The Morgan fingerprint density at radius 1 is 1.15 bits per heavy atom. The Morgan fingerprint density at radius 3 is 2.56 bits per heavy atom. The van der Waals surface area contributed by atoms with Gasteiger partial charge in [-0.2, -0.15) is 0 Å². The molecule has 0 spiro atoms. The third-order valence-electron chi connectivity index (χ3n) is 4.31. The van der Waals surface area contributed by atoms with Crippen molar-refractivity contribution < 1.29 is 18.3 Å². The summed E-state index contributed by atoms with van der Waals surface area (Å²) in [5.74, 6) is -0.765. The molecule has 1 heterocycles. The fourth-order valence-corrected chi connectivity index (χ4v) is 3.22. The monoisotopic (exact) mass is 375 g/mol. The highest BCUT2D eigenvalue weighted by Crippen LogP contribution is 2.26. The zero-order valence-electron chi connectivity index (χ0n) is 15.3. The van der Waals surface area contributed by atoms with Crippen molar-refractivity contribution >= 4 is 17.4 Å². The van der Waals surface area contributed by atoms with E-state index < -0.39 is 11.8 Å². The van der Waals surface area contributed by atoms with Crippen LogP contribution in [0.4, 0.5) is 25.0 Å². The van der Waals surface area contributed by atoms with Gasteiger partial charge in [-0.1, -0.05) is 12.1 Å². The highest BCUT2D eigenvalue weighted by atomic mass is 19.1. The van der Waals surface area contributed by atoms with Crippen molar-refractivity contribution in [3.8, 4) is 0 Å². The number of urea groups is 1. The Labute approximate surface area is 157 Å². The van der Waals surface area contributed by atoms with Crippen LogP contribution in [0.15, 0.2) is 42.5 Å². The van der Waals surface area contributed by atoms with Crippen molar-refractivity contribution in [2.24, 2.45) is 0 Å². The minimum absolute atomic E-state index is 0.0274. The van der Waals surface area contributed by atoms with E-state index in [9.17, 15) is 13.6 Å². The summed E-state index contributed by atoms with van der Waals surface area (Å²) in [6.45, 7) is 5.32. The average Bonchev–Trinajstić information content (AvgIpc) is 2.59. The molecule has 0 aromatic heterocycles. The number of anilines is 2. The van der Waals surface area contributed by atoms with Crippen LogP contribution in [0.1, 0.15) is 19.4 Å². The average molecular weight is 375 g/mol. The number of morpholine rings is 1. The van der Waals surface area contributed by atoms with Crippen LogP contribution in [-0.2, 0) is 11.3 Å². The predicted molar refractivity (Wildman–Crippen MR) is 101 cm³/mol. The second-order valence-corrected chi connectivity index (χ2v) is 6.77. The first-order chi connectivity index (χ1) is 12.9. The Bertz CT molecular complexity index is 806. The number of nitrogens with zero attached hydrogens (tertiary/aromatic N) is 1. The third kappa shape index (κ3) is 5.17. The number of carbonyl (C=O) groups is 1. The van der Waals surface area contributed by atoms with Crippen LogP contribution in [0, 0.1) is 11.6 Å². The van der Waals surface area contributed by atoms with Crippen LogP contribution in [0.25, 0.3) is 0 Å². The summed E-state index contributed by atoms with van der Waals surface area (Å²) in [6, 6.07) is 10.1. The minimum Gasteiger partial charge on any atom is -0.372 e. The maximum atomic E-state index is 14.5. The second kappa shape index (κ2) is 8.35. The van der Waals surface area contributed by atoms with Crippen LogP contribution in [0.5, 0.6) is 0 Å². The Hall–Kier alpha value is -2.67. The van der Waals surface area contributed by atoms with Gasteiger partial charge in [0.05, 0.1) is 17.9 Å². The summed E-state index contributed by atoms with van der Waals surface area (Å²) in [7, 11) is 0. The molecule has 2 aromatic carbocycles. The van der Waals surface area contributed by atoms with Crippen molar-refractivity contribution in [3.05, 3.63) is 59.7 Å². The Balaban J connectivity index is 1.59. The zero-order chi connectivity index (χ0) is 19.4. The molecule has 2 atom stereocenters. The molecule has 0 bridgehead atoms. The van der Waals surface area contributed by atoms with Crippen molar-refractivity contribution in [1.29, 1.82) is 0 Å². The molecule has 2 N–H and O–H groups in total. The van der Waals surface area contributed by atoms with Gasteiger partial charge in [-0.3, -0.25) is 0 Å². The van der Waals surface area contributed by atoms with E-state index in [-0.39, 0.29) is 24.6 Å². The molecule has 0 radical (unpaired) electrons. The lowest BCUT2D eigenvalue weighted by Crippen LogP contribution is -2.45. The highest BCUT2D eigenvalue weighted by Gasteiger charge is 2.24. The SMILES string of the molecule is CC1CN(c2ccc(NC(=O)NCc3cccc(F)c3)cc2F)CC(C)O1. The lowest BCUT2D eigenvalue weighted by molar-refractivity contribution is -0.00539. The molecule has 1 fully saturated rings. The molecule has 1 aliphatic heterocycles. The first-order valence-corrected chi connectivity index (χ1v) is 8.90. The number of rotatable bonds is 4. The van der Waals surface area contributed by atoms with Gasteiger partial charge < -0.3 is 20.3 Å². The Morgan fingerprint density at radius 2 is 1.89 bits per heavy atom. The van der Waals surface area contributed by atoms with E-state index in [2.05, 4.69) is 10.6 Å². The van der Waals surface area contributed by atoms with Gasteiger partial charge in [0.15, 0.2) is 0 Å². The van der Waals surface area contributed by atoms with Gasteiger partial charge in [0, 0.05) is 25.3 Å². The summed E-state index contributed by atoms with van der Waals surface area (Å²) in [5.41, 5.74) is 1.48. The first-order valence-electron chi connectivity index (χ1n) is 8.90. The van der Waals surface area contributed by atoms with Gasteiger partial charge in [0.25, 0.3) is 0 Å². The van der Waals surface area contributed by atoms with E-state index in [1.807, 2.05) is 18.7 Å². The number of halogens is 2. The topological polar surface area (TPSA) is 53.6 Å².